The van der Waals surface area contributed by atoms with Crippen molar-refractivity contribution < 1.29 is 9.41 Å². The zero-order valence-electron chi connectivity index (χ0n) is 7.15. The second kappa shape index (κ2) is 2.68. The summed E-state index contributed by atoms with van der Waals surface area (Å²) in [6, 6.07) is -0.435. The number of alkyl halides is 1. The van der Waals surface area contributed by atoms with Gasteiger partial charge in [0.05, 0.1) is 0 Å². The van der Waals surface area contributed by atoms with E-state index >= 15 is 0 Å². The minimum atomic E-state index is -0.946. The molecule has 1 saturated heterocycles. The highest BCUT2D eigenvalue weighted by molar-refractivity contribution is 6.45. The van der Waals surface area contributed by atoms with E-state index in [4.69, 9.17) is 5.73 Å². The second-order valence-electron chi connectivity index (χ2n) is 3.91. The van der Waals surface area contributed by atoms with E-state index in [0.29, 0.717) is 0 Å². The predicted molar refractivity (Wildman–Crippen MR) is 45.3 cm³/mol. The summed E-state index contributed by atoms with van der Waals surface area (Å²) >= 11 is 0. The van der Waals surface area contributed by atoms with Crippen molar-refractivity contribution in [2.24, 2.45) is 11.7 Å². The van der Waals surface area contributed by atoms with Gasteiger partial charge in [0.15, 0.2) is 0 Å². The number of fused-ring (bicyclic) bond motifs is 2. The minimum Gasteiger partial charge on any atom is -0.437 e. The van der Waals surface area contributed by atoms with E-state index in [1.54, 1.807) is 11.6 Å². The van der Waals surface area contributed by atoms with E-state index in [1.807, 2.05) is 0 Å². The molecular formula is C7H14BFN2O. The van der Waals surface area contributed by atoms with E-state index in [-0.39, 0.29) is 18.0 Å². The first kappa shape index (κ1) is 8.47. The molecule has 0 aromatic heterocycles. The second-order valence-corrected chi connectivity index (χ2v) is 3.91. The maximum absolute atomic E-state index is 13.3. The van der Waals surface area contributed by atoms with Gasteiger partial charge in [0.1, 0.15) is 6.17 Å². The molecule has 4 atom stereocenters. The molecule has 0 amide bonds. The first-order valence-electron chi connectivity index (χ1n) is 4.44. The first-order valence-corrected chi connectivity index (χ1v) is 4.44. The van der Waals surface area contributed by atoms with Gasteiger partial charge in [0.25, 0.3) is 0 Å². The third-order valence-electron chi connectivity index (χ3n) is 3.18. The summed E-state index contributed by atoms with van der Waals surface area (Å²) in [5, 5.41) is 9.30. The highest BCUT2D eigenvalue weighted by atomic mass is 19.1. The lowest BCUT2D eigenvalue weighted by Gasteiger charge is -2.33. The Morgan fingerprint density at radius 1 is 1.67 bits per heavy atom. The van der Waals surface area contributed by atoms with Crippen LogP contribution in [0.3, 0.4) is 0 Å². The lowest BCUT2D eigenvalue weighted by atomic mass is 9.82. The number of nitrogens with zero attached hydrogens (tertiary/aromatic N) is 1. The molecule has 3 nitrogen and oxygen atoms in total. The number of rotatable bonds is 1. The molecule has 0 aromatic rings. The summed E-state index contributed by atoms with van der Waals surface area (Å²) in [7, 11) is -0.536. The molecule has 2 fully saturated rings. The Hall–Kier alpha value is -0.125. The molecule has 2 rings (SSSR count). The maximum Gasteiger partial charge on any atom is 0.376 e. The molecule has 2 bridgehead atoms. The van der Waals surface area contributed by atoms with E-state index in [0.717, 1.165) is 13.0 Å². The Kier molecular flexibility index (Phi) is 1.90. The molecule has 3 N–H and O–H groups in total. The standard InChI is InChI=1S/C7H14BFN2O/c1-8(12)11-3-4-2-5(11)6(9)7(4)10/h4-7,12H,2-3,10H2,1H3/t4?,5?,6-,7+/m0/s1. The van der Waals surface area contributed by atoms with Crippen molar-refractivity contribution in [3.05, 3.63) is 0 Å². The Morgan fingerprint density at radius 3 is 2.75 bits per heavy atom. The predicted octanol–water partition coefficient (Wildman–Crippen LogP) is -0.534. The summed E-state index contributed by atoms with van der Waals surface area (Å²) in [6.07, 6.45) is -0.133. The molecule has 5 heteroatoms. The van der Waals surface area contributed by atoms with Gasteiger partial charge in [-0.2, -0.15) is 0 Å². The lowest BCUT2D eigenvalue weighted by Crippen LogP contribution is -2.54. The van der Waals surface area contributed by atoms with Crippen LogP contribution < -0.4 is 5.73 Å². The molecule has 2 unspecified atom stereocenters. The minimum absolute atomic E-state index is 0.134. The summed E-state index contributed by atoms with van der Waals surface area (Å²) in [4.78, 5) is 1.80. The number of piperidine rings is 1. The molecule has 1 saturated carbocycles. The first-order chi connectivity index (χ1) is 5.61. The fraction of sp³-hybridized carbons (Fsp3) is 1.00. The van der Waals surface area contributed by atoms with Crippen molar-refractivity contribution >= 4 is 7.05 Å². The molecule has 12 heavy (non-hydrogen) atoms. The van der Waals surface area contributed by atoms with Gasteiger partial charge in [0.2, 0.25) is 0 Å². The van der Waals surface area contributed by atoms with Crippen molar-refractivity contribution in [2.45, 2.75) is 31.5 Å². The molecule has 0 radical (unpaired) electrons. The molecule has 1 aliphatic heterocycles. The molecule has 68 valence electrons. The average Bonchev–Trinajstić information content (AvgIpc) is 2.53. The van der Waals surface area contributed by atoms with E-state index in [2.05, 4.69) is 0 Å². The fourth-order valence-corrected chi connectivity index (χ4v) is 2.46. The van der Waals surface area contributed by atoms with E-state index < -0.39 is 13.2 Å². The van der Waals surface area contributed by atoms with Crippen LogP contribution in [0, 0.1) is 5.92 Å². The van der Waals surface area contributed by atoms with Crippen LogP contribution in [0.5, 0.6) is 0 Å². The van der Waals surface area contributed by atoms with Gasteiger partial charge in [0, 0.05) is 12.1 Å². The molecule has 2 aliphatic rings. The highest BCUT2D eigenvalue weighted by Crippen LogP contribution is 2.38. The number of halogens is 1. The van der Waals surface area contributed by atoms with Crippen LogP contribution in [-0.2, 0) is 0 Å². The summed E-state index contributed by atoms with van der Waals surface area (Å²) < 4.78 is 13.3. The molecule has 1 aliphatic carbocycles. The number of hydrogen-bond donors (Lipinski definition) is 2. The Morgan fingerprint density at radius 2 is 2.33 bits per heavy atom. The summed E-state index contributed by atoms with van der Waals surface area (Å²) in [5.41, 5.74) is 5.64. The monoisotopic (exact) mass is 172 g/mol. The Labute approximate surface area is 71.9 Å². The summed E-state index contributed by atoms with van der Waals surface area (Å²) in [5.74, 6) is 0.250. The summed E-state index contributed by atoms with van der Waals surface area (Å²) in [6.45, 7) is 2.43. The van der Waals surface area contributed by atoms with Crippen molar-refractivity contribution in [3.63, 3.8) is 0 Å². The SMILES string of the molecule is CB(O)N1CC2CC1[C@H](F)[C@@H]2N. The van der Waals surface area contributed by atoms with E-state index in [1.165, 1.54) is 0 Å². The average molecular weight is 172 g/mol. The van der Waals surface area contributed by atoms with Gasteiger partial charge in [-0.25, -0.2) is 4.39 Å². The molecular weight excluding hydrogens is 158 g/mol. The zero-order chi connectivity index (χ0) is 8.88. The van der Waals surface area contributed by atoms with Gasteiger partial charge >= 0.3 is 7.05 Å². The van der Waals surface area contributed by atoms with Crippen LogP contribution in [0.15, 0.2) is 0 Å². The topological polar surface area (TPSA) is 49.5 Å². The largest absolute Gasteiger partial charge is 0.437 e. The van der Waals surface area contributed by atoms with Crippen LogP contribution in [0.4, 0.5) is 4.39 Å². The van der Waals surface area contributed by atoms with E-state index in [9.17, 15) is 9.41 Å². The third kappa shape index (κ3) is 1.00. The van der Waals surface area contributed by atoms with Crippen LogP contribution in [0.1, 0.15) is 6.42 Å². The van der Waals surface area contributed by atoms with Crippen LogP contribution in [0.2, 0.25) is 6.82 Å². The van der Waals surface area contributed by atoms with Crippen LogP contribution in [-0.4, -0.2) is 41.7 Å². The Balaban J connectivity index is 2.10. The molecule has 1 heterocycles. The van der Waals surface area contributed by atoms with Crippen molar-refractivity contribution in [1.29, 1.82) is 0 Å². The lowest BCUT2D eigenvalue weighted by molar-refractivity contribution is 0.153. The van der Waals surface area contributed by atoms with Crippen molar-refractivity contribution in [1.82, 2.24) is 4.81 Å². The van der Waals surface area contributed by atoms with Crippen molar-refractivity contribution in [2.75, 3.05) is 6.54 Å². The highest BCUT2D eigenvalue weighted by Gasteiger charge is 2.52. The maximum atomic E-state index is 13.3. The third-order valence-corrected chi connectivity index (χ3v) is 3.18. The van der Waals surface area contributed by atoms with Gasteiger partial charge in [-0.1, -0.05) is 0 Å². The van der Waals surface area contributed by atoms with Crippen LogP contribution in [0.25, 0.3) is 0 Å². The van der Waals surface area contributed by atoms with Crippen molar-refractivity contribution in [3.8, 4) is 0 Å². The molecule has 0 spiro atoms. The normalized spacial score (nSPS) is 47.0. The van der Waals surface area contributed by atoms with Gasteiger partial charge < -0.3 is 15.6 Å². The quantitative estimate of drug-likeness (QED) is 0.522. The van der Waals surface area contributed by atoms with Gasteiger partial charge in [-0.15, -0.1) is 0 Å². The smallest absolute Gasteiger partial charge is 0.376 e. The number of hydrogen-bond acceptors (Lipinski definition) is 3. The van der Waals surface area contributed by atoms with Gasteiger partial charge in [-0.3, -0.25) is 0 Å². The molecule has 0 aromatic carbocycles. The van der Waals surface area contributed by atoms with Gasteiger partial charge in [-0.05, 0) is 25.7 Å². The fourth-order valence-electron chi connectivity index (χ4n) is 2.46. The Bertz CT molecular complexity index is 190. The number of nitrogens with two attached hydrogens (primary N) is 1. The zero-order valence-corrected chi connectivity index (χ0v) is 7.15. The van der Waals surface area contributed by atoms with Crippen LogP contribution >= 0.6 is 0 Å².